The summed E-state index contributed by atoms with van der Waals surface area (Å²) in [4.78, 5) is 15.7. The number of hydrogen-bond acceptors (Lipinski definition) is 7. The van der Waals surface area contributed by atoms with Crippen molar-refractivity contribution in [1.29, 1.82) is 0 Å². The third-order valence-electron chi connectivity index (χ3n) is 9.33. The van der Waals surface area contributed by atoms with Gasteiger partial charge in [0.2, 0.25) is 5.91 Å². The second-order valence-corrected chi connectivity index (χ2v) is 15.4. The number of benzene rings is 3. The fourth-order valence-electron chi connectivity index (χ4n) is 6.39. The quantitative estimate of drug-likeness (QED) is 0.162. The summed E-state index contributed by atoms with van der Waals surface area (Å²) in [5.74, 6) is 0.778. The maximum absolute atomic E-state index is 12.6. The molecule has 0 N–H and O–H groups in total. The van der Waals surface area contributed by atoms with Crippen molar-refractivity contribution in [2.24, 2.45) is 0 Å². The zero-order chi connectivity index (χ0) is 34.6. The van der Waals surface area contributed by atoms with Crippen molar-refractivity contribution in [2.45, 2.75) is 64.6 Å². The van der Waals surface area contributed by atoms with E-state index >= 15 is 0 Å². The van der Waals surface area contributed by atoms with Crippen LogP contribution in [0.3, 0.4) is 0 Å². The number of carbonyl (C=O) groups is 1. The number of allylic oxidation sites excluding steroid dienone is 1. The Bertz CT molecular complexity index is 1650. The van der Waals surface area contributed by atoms with Gasteiger partial charge in [-0.3, -0.25) is 4.79 Å². The molecule has 0 bridgehead atoms. The summed E-state index contributed by atoms with van der Waals surface area (Å²) in [5, 5.41) is 0. The number of rotatable bonds is 16. The third kappa shape index (κ3) is 10.7. The van der Waals surface area contributed by atoms with Gasteiger partial charge < -0.3 is 24.0 Å². The lowest BCUT2D eigenvalue weighted by Crippen LogP contribution is -2.36. The van der Waals surface area contributed by atoms with Crippen LogP contribution < -0.4 is 9.47 Å². The van der Waals surface area contributed by atoms with Crippen LogP contribution in [0, 0.1) is 0 Å². The van der Waals surface area contributed by atoms with Gasteiger partial charge in [-0.05, 0) is 103 Å². The predicted molar refractivity (Wildman–Crippen MR) is 197 cm³/mol. The van der Waals surface area contributed by atoms with Crippen LogP contribution >= 0.6 is 0 Å². The topological polar surface area (TPSA) is 85.4 Å². The Morgan fingerprint density at radius 1 is 0.878 bits per heavy atom. The number of carbonyl (C=O) groups excluding carboxylic acids is 1. The number of likely N-dealkylation sites (N-methyl/N-ethyl adjacent to an activating group) is 1. The lowest BCUT2D eigenvalue weighted by atomic mass is 9.88. The molecule has 8 nitrogen and oxygen atoms in total. The summed E-state index contributed by atoms with van der Waals surface area (Å²) in [6.07, 6.45) is 7.78. The Kier molecular flexibility index (Phi) is 13.3. The summed E-state index contributed by atoms with van der Waals surface area (Å²) in [6, 6.07) is 25.4. The highest BCUT2D eigenvalue weighted by molar-refractivity contribution is 7.92. The molecule has 1 heterocycles. The van der Waals surface area contributed by atoms with Crippen LogP contribution in [0.2, 0.25) is 0 Å². The SMILES string of the molecule is CCCCN(C)C(=O)CS(=O)(=O)CCN(C)CCOc1ccc(C2=C(c3ccccc3)CCCc3cc(OC4CCCCO4)ccc32)cc1. The number of unbranched alkanes of at least 4 members (excludes halogenated alkanes) is 1. The second-order valence-electron chi connectivity index (χ2n) is 13.2. The summed E-state index contributed by atoms with van der Waals surface area (Å²) in [5.41, 5.74) is 7.46. The molecular weight excluding hydrogens is 637 g/mol. The van der Waals surface area contributed by atoms with E-state index in [2.05, 4.69) is 60.7 Å². The molecule has 1 atom stereocenters. The smallest absolute Gasteiger partial charge is 0.237 e. The monoisotopic (exact) mass is 688 g/mol. The van der Waals surface area contributed by atoms with E-state index in [9.17, 15) is 13.2 Å². The van der Waals surface area contributed by atoms with E-state index < -0.39 is 15.6 Å². The lowest BCUT2D eigenvalue weighted by molar-refractivity contribution is -0.127. The van der Waals surface area contributed by atoms with Gasteiger partial charge in [0, 0.05) is 33.1 Å². The highest BCUT2D eigenvalue weighted by Gasteiger charge is 2.23. The first-order valence-electron chi connectivity index (χ1n) is 17.8. The molecule has 1 unspecified atom stereocenters. The van der Waals surface area contributed by atoms with Crippen molar-refractivity contribution in [1.82, 2.24) is 9.80 Å². The summed E-state index contributed by atoms with van der Waals surface area (Å²) >= 11 is 0. The average molecular weight is 689 g/mol. The minimum atomic E-state index is -3.49. The maximum Gasteiger partial charge on any atom is 0.237 e. The van der Waals surface area contributed by atoms with Crippen LogP contribution in [-0.2, 0) is 25.8 Å². The zero-order valence-electron chi connectivity index (χ0n) is 29.4. The lowest BCUT2D eigenvalue weighted by Gasteiger charge is -2.24. The van der Waals surface area contributed by atoms with Crippen LogP contribution in [0.5, 0.6) is 11.5 Å². The van der Waals surface area contributed by atoms with E-state index in [4.69, 9.17) is 14.2 Å². The third-order valence-corrected chi connectivity index (χ3v) is 10.8. The Labute approximate surface area is 293 Å². The van der Waals surface area contributed by atoms with Crippen molar-refractivity contribution >= 4 is 26.9 Å². The molecule has 1 fully saturated rings. The van der Waals surface area contributed by atoms with Crippen LogP contribution in [0.15, 0.2) is 72.8 Å². The predicted octanol–water partition coefficient (Wildman–Crippen LogP) is 6.87. The molecular formula is C40H52N2O6S. The Morgan fingerprint density at radius 3 is 2.39 bits per heavy atom. The van der Waals surface area contributed by atoms with Crippen molar-refractivity contribution in [3.63, 3.8) is 0 Å². The molecule has 264 valence electrons. The van der Waals surface area contributed by atoms with Gasteiger partial charge in [0.1, 0.15) is 23.9 Å². The molecule has 1 aliphatic heterocycles. The van der Waals surface area contributed by atoms with Crippen LogP contribution in [0.1, 0.15) is 74.1 Å². The zero-order valence-corrected chi connectivity index (χ0v) is 30.2. The molecule has 2 aliphatic rings. The first kappa shape index (κ1) is 36.6. The van der Waals surface area contributed by atoms with E-state index in [0.717, 1.165) is 75.0 Å². The van der Waals surface area contributed by atoms with Crippen LogP contribution in [0.4, 0.5) is 0 Å². The van der Waals surface area contributed by atoms with E-state index in [1.54, 1.807) is 7.05 Å². The van der Waals surface area contributed by atoms with Gasteiger partial charge in [-0.15, -0.1) is 0 Å². The Morgan fingerprint density at radius 2 is 1.65 bits per heavy atom. The van der Waals surface area contributed by atoms with E-state index in [1.807, 2.05) is 31.0 Å². The number of sulfone groups is 1. The molecule has 3 aromatic rings. The average Bonchev–Trinajstić information content (AvgIpc) is 3.30. The van der Waals surface area contributed by atoms with Gasteiger partial charge in [-0.25, -0.2) is 8.42 Å². The summed E-state index contributed by atoms with van der Waals surface area (Å²) in [6.45, 7) is 4.70. The van der Waals surface area contributed by atoms with Crippen molar-refractivity contribution in [3.8, 4) is 11.5 Å². The highest BCUT2D eigenvalue weighted by Crippen LogP contribution is 2.41. The van der Waals surface area contributed by atoms with E-state index in [1.165, 1.54) is 32.7 Å². The number of fused-ring (bicyclic) bond motifs is 1. The molecule has 0 aromatic heterocycles. The number of nitrogens with zero attached hydrogens (tertiary/aromatic N) is 2. The Hall–Kier alpha value is -3.66. The fraction of sp³-hybridized carbons (Fsp3) is 0.475. The van der Waals surface area contributed by atoms with Crippen molar-refractivity contribution in [3.05, 3.63) is 95.1 Å². The molecule has 0 radical (unpaired) electrons. The molecule has 0 saturated carbocycles. The first-order valence-corrected chi connectivity index (χ1v) is 19.6. The minimum absolute atomic E-state index is 0.0616. The summed E-state index contributed by atoms with van der Waals surface area (Å²) in [7, 11) is 0.0490. The maximum atomic E-state index is 12.6. The van der Waals surface area contributed by atoms with Gasteiger partial charge in [-0.1, -0.05) is 61.9 Å². The molecule has 5 rings (SSSR count). The fourth-order valence-corrected chi connectivity index (χ4v) is 7.72. The normalized spacial score (nSPS) is 16.6. The summed E-state index contributed by atoms with van der Waals surface area (Å²) < 4.78 is 43.3. The largest absolute Gasteiger partial charge is 0.492 e. The standard InChI is InChI=1S/C40H52N2O6S/c1-4-5-23-42(3)38(43)30-49(44,45)28-25-41(2)24-27-46-34-19-17-32(18-20-34)40-36(31-12-7-6-8-13-31)15-11-14-33-29-35(21-22-37(33)40)48-39-16-9-10-26-47-39/h6-8,12-13,17-22,29,39H,4-5,9-11,14-16,23-28,30H2,1-3H3. The van der Waals surface area contributed by atoms with Gasteiger partial charge in [0.15, 0.2) is 16.1 Å². The van der Waals surface area contributed by atoms with Gasteiger partial charge in [-0.2, -0.15) is 0 Å². The van der Waals surface area contributed by atoms with Gasteiger partial charge >= 0.3 is 0 Å². The molecule has 1 amide bonds. The Balaban J connectivity index is 1.23. The number of hydrogen-bond donors (Lipinski definition) is 0. The van der Waals surface area contributed by atoms with Gasteiger partial charge in [0.05, 0.1) is 12.4 Å². The first-order chi connectivity index (χ1) is 23.7. The molecule has 9 heteroatoms. The number of aryl methyl sites for hydroxylation is 1. The highest BCUT2D eigenvalue weighted by atomic mass is 32.2. The van der Waals surface area contributed by atoms with Crippen LogP contribution in [0.25, 0.3) is 11.1 Å². The molecule has 3 aromatic carbocycles. The number of ether oxygens (including phenoxy) is 3. The molecule has 1 saturated heterocycles. The second kappa shape index (κ2) is 17.8. The van der Waals surface area contributed by atoms with Gasteiger partial charge in [0.25, 0.3) is 0 Å². The van der Waals surface area contributed by atoms with E-state index in [-0.39, 0.29) is 18.0 Å². The van der Waals surface area contributed by atoms with Crippen LogP contribution in [-0.4, -0.2) is 88.9 Å². The minimum Gasteiger partial charge on any atom is -0.492 e. The van der Waals surface area contributed by atoms with Crippen molar-refractivity contribution < 1.29 is 27.4 Å². The molecule has 49 heavy (non-hydrogen) atoms. The van der Waals surface area contributed by atoms with Crippen molar-refractivity contribution in [2.75, 3.05) is 58.4 Å². The van der Waals surface area contributed by atoms with E-state index in [0.29, 0.717) is 26.2 Å². The molecule has 1 aliphatic carbocycles. The molecule has 0 spiro atoms. The number of amides is 1.